The SMILES string of the molecule is CCCS(=O)(=O)N1CC(C(=O)NCc2ccccn2)C2(CCC2)C1. The van der Waals surface area contributed by atoms with Crippen LogP contribution in [0.25, 0.3) is 0 Å². The Morgan fingerprint density at radius 3 is 2.79 bits per heavy atom. The second-order valence-corrected chi connectivity index (χ2v) is 9.00. The molecular formula is C17H25N3O3S. The predicted molar refractivity (Wildman–Crippen MR) is 91.5 cm³/mol. The summed E-state index contributed by atoms with van der Waals surface area (Å²) in [5.74, 6) is -0.137. The molecule has 0 aromatic carbocycles. The fourth-order valence-electron chi connectivity index (χ4n) is 3.82. The minimum absolute atomic E-state index is 0.0467. The van der Waals surface area contributed by atoms with Crippen molar-refractivity contribution in [3.8, 4) is 0 Å². The molecule has 1 aromatic rings. The Bertz CT molecular complexity index is 686. The number of carbonyl (C=O) groups excluding carboxylic acids is 1. The molecule has 3 rings (SSSR count). The maximum Gasteiger partial charge on any atom is 0.225 e. The van der Waals surface area contributed by atoms with Crippen molar-refractivity contribution in [3.05, 3.63) is 30.1 Å². The van der Waals surface area contributed by atoms with E-state index in [-0.39, 0.29) is 23.0 Å². The average Bonchev–Trinajstić information content (AvgIpc) is 2.96. The van der Waals surface area contributed by atoms with Gasteiger partial charge in [0.2, 0.25) is 15.9 Å². The quantitative estimate of drug-likeness (QED) is 0.843. The highest BCUT2D eigenvalue weighted by atomic mass is 32.2. The molecule has 2 fully saturated rings. The predicted octanol–water partition coefficient (Wildman–Crippen LogP) is 1.54. The van der Waals surface area contributed by atoms with Crippen LogP contribution in [-0.4, -0.2) is 42.5 Å². The fraction of sp³-hybridized carbons (Fsp3) is 0.647. The third kappa shape index (κ3) is 3.32. The largest absolute Gasteiger partial charge is 0.350 e. The van der Waals surface area contributed by atoms with Crippen LogP contribution in [0.1, 0.15) is 38.3 Å². The lowest BCUT2D eigenvalue weighted by atomic mass is 9.62. The smallest absolute Gasteiger partial charge is 0.225 e. The molecule has 1 N–H and O–H groups in total. The van der Waals surface area contributed by atoms with E-state index in [9.17, 15) is 13.2 Å². The molecule has 1 atom stereocenters. The van der Waals surface area contributed by atoms with Crippen molar-refractivity contribution in [2.75, 3.05) is 18.8 Å². The summed E-state index contributed by atoms with van der Waals surface area (Å²) in [5, 5.41) is 2.95. The summed E-state index contributed by atoms with van der Waals surface area (Å²) >= 11 is 0. The van der Waals surface area contributed by atoms with E-state index in [0.717, 1.165) is 25.0 Å². The van der Waals surface area contributed by atoms with Gasteiger partial charge in [-0.3, -0.25) is 9.78 Å². The minimum atomic E-state index is -3.25. The Kier molecular flexibility index (Phi) is 4.92. The highest BCUT2D eigenvalue weighted by molar-refractivity contribution is 7.89. The van der Waals surface area contributed by atoms with Gasteiger partial charge in [-0.05, 0) is 36.8 Å². The number of sulfonamides is 1. The van der Waals surface area contributed by atoms with E-state index in [4.69, 9.17) is 0 Å². The molecule has 2 aliphatic rings. The average molecular weight is 351 g/mol. The molecule has 1 saturated carbocycles. The molecule has 132 valence electrons. The lowest BCUT2D eigenvalue weighted by Gasteiger charge is -2.42. The number of hydrogen-bond acceptors (Lipinski definition) is 4. The minimum Gasteiger partial charge on any atom is -0.350 e. The summed E-state index contributed by atoms with van der Waals surface area (Å²) < 4.78 is 26.3. The zero-order valence-electron chi connectivity index (χ0n) is 14.1. The topological polar surface area (TPSA) is 79.4 Å². The molecule has 0 radical (unpaired) electrons. The number of nitrogens with one attached hydrogen (secondary N) is 1. The Morgan fingerprint density at radius 2 is 2.21 bits per heavy atom. The third-order valence-electron chi connectivity index (χ3n) is 5.31. The summed E-state index contributed by atoms with van der Waals surface area (Å²) in [6.45, 7) is 3.06. The Balaban J connectivity index is 1.68. The molecule has 7 heteroatoms. The molecule has 1 unspecified atom stereocenters. The number of carbonyl (C=O) groups is 1. The van der Waals surface area contributed by atoms with Crippen LogP contribution >= 0.6 is 0 Å². The molecular weight excluding hydrogens is 326 g/mol. The number of rotatable bonds is 6. The van der Waals surface area contributed by atoms with Gasteiger partial charge < -0.3 is 5.32 Å². The molecule has 1 spiro atoms. The molecule has 1 aliphatic carbocycles. The van der Waals surface area contributed by atoms with Crippen molar-refractivity contribution < 1.29 is 13.2 Å². The monoisotopic (exact) mass is 351 g/mol. The summed E-state index contributed by atoms with van der Waals surface area (Å²) in [4.78, 5) is 16.9. The standard InChI is InChI=1S/C17H25N3O3S/c1-2-10-24(22,23)20-12-15(17(13-20)7-5-8-17)16(21)19-11-14-6-3-4-9-18-14/h3-4,6,9,15H,2,5,7-8,10-13H2,1H3,(H,19,21). The van der Waals surface area contributed by atoms with Gasteiger partial charge in [-0.15, -0.1) is 0 Å². The van der Waals surface area contributed by atoms with Crippen molar-refractivity contribution in [2.24, 2.45) is 11.3 Å². The van der Waals surface area contributed by atoms with Crippen LogP contribution in [0.5, 0.6) is 0 Å². The van der Waals surface area contributed by atoms with Gasteiger partial charge in [0.25, 0.3) is 0 Å². The van der Waals surface area contributed by atoms with Crippen molar-refractivity contribution in [3.63, 3.8) is 0 Å². The zero-order valence-corrected chi connectivity index (χ0v) is 14.9. The number of amides is 1. The van der Waals surface area contributed by atoms with Crippen molar-refractivity contribution in [2.45, 2.75) is 39.2 Å². The molecule has 1 aliphatic heterocycles. The van der Waals surface area contributed by atoms with Gasteiger partial charge in [-0.1, -0.05) is 19.4 Å². The lowest BCUT2D eigenvalue weighted by molar-refractivity contribution is -0.129. The van der Waals surface area contributed by atoms with Crippen LogP contribution in [0, 0.1) is 11.3 Å². The van der Waals surface area contributed by atoms with Crippen LogP contribution in [0.2, 0.25) is 0 Å². The first-order chi connectivity index (χ1) is 11.5. The molecule has 1 saturated heterocycles. The lowest BCUT2D eigenvalue weighted by Crippen LogP contribution is -2.45. The van der Waals surface area contributed by atoms with Crippen LogP contribution in [-0.2, 0) is 21.4 Å². The summed E-state index contributed by atoms with van der Waals surface area (Å²) in [5.41, 5.74) is 0.650. The normalized spacial score (nSPS) is 23.1. The highest BCUT2D eigenvalue weighted by Crippen LogP contribution is 2.52. The van der Waals surface area contributed by atoms with Gasteiger partial charge in [0.1, 0.15) is 0 Å². The van der Waals surface area contributed by atoms with E-state index in [2.05, 4.69) is 10.3 Å². The molecule has 6 nitrogen and oxygen atoms in total. The molecule has 0 bridgehead atoms. The zero-order chi connectivity index (χ0) is 17.2. The van der Waals surface area contributed by atoms with Crippen LogP contribution in [0.4, 0.5) is 0 Å². The van der Waals surface area contributed by atoms with Crippen molar-refractivity contribution >= 4 is 15.9 Å². The van der Waals surface area contributed by atoms with Crippen molar-refractivity contribution in [1.29, 1.82) is 0 Å². The first-order valence-corrected chi connectivity index (χ1v) is 10.2. The number of aromatic nitrogens is 1. The van der Waals surface area contributed by atoms with E-state index in [1.165, 1.54) is 0 Å². The van der Waals surface area contributed by atoms with Gasteiger partial charge in [0.15, 0.2) is 0 Å². The molecule has 1 amide bonds. The molecule has 1 aromatic heterocycles. The van der Waals surface area contributed by atoms with Crippen LogP contribution in [0.3, 0.4) is 0 Å². The van der Waals surface area contributed by atoms with Crippen LogP contribution in [0.15, 0.2) is 24.4 Å². The first-order valence-electron chi connectivity index (χ1n) is 8.62. The summed E-state index contributed by atoms with van der Waals surface area (Å²) in [6.07, 6.45) is 5.25. The Labute approximate surface area is 143 Å². The summed E-state index contributed by atoms with van der Waals surface area (Å²) in [7, 11) is -3.25. The molecule has 24 heavy (non-hydrogen) atoms. The second-order valence-electron chi connectivity index (χ2n) is 6.92. The van der Waals surface area contributed by atoms with Gasteiger partial charge in [-0.25, -0.2) is 12.7 Å². The Hall–Kier alpha value is -1.47. The van der Waals surface area contributed by atoms with E-state index in [1.807, 2.05) is 25.1 Å². The van der Waals surface area contributed by atoms with Gasteiger partial charge >= 0.3 is 0 Å². The molecule has 2 heterocycles. The van der Waals surface area contributed by atoms with Gasteiger partial charge in [-0.2, -0.15) is 0 Å². The second kappa shape index (κ2) is 6.80. The fourth-order valence-corrected chi connectivity index (χ4v) is 5.43. The van der Waals surface area contributed by atoms with E-state index in [0.29, 0.717) is 26.1 Å². The van der Waals surface area contributed by atoms with Gasteiger partial charge in [0.05, 0.1) is 23.9 Å². The number of nitrogens with zero attached hydrogens (tertiary/aromatic N) is 2. The Morgan fingerprint density at radius 1 is 1.42 bits per heavy atom. The van der Waals surface area contributed by atoms with E-state index < -0.39 is 10.0 Å². The summed E-state index contributed by atoms with van der Waals surface area (Å²) in [6, 6.07) is 5.59. The van der Waals surface area contributed by atoms with E-state index >= 15 is 0 Å². The van der Waals surface area contributed by atoms with Crippen LogP contribution < -0.4 is 5.32 Å². The number of pyridine rings is 1. The van der Waals surface area contributed by atoms with Gasteiger partial charge in [0, 0.05) is 19.3 Å². The maximum atomic E-state index is 12.7. The first kappa shape index (κ1) is 17.4. The van der Waals surface area contributed by atoms with E-state index in [1.54, 1.807) is 10.5 Å². The maximum absolute atomic E-state index is 12.7. The number of hydrogen-bond donors (Lipinski definition) is 1. The highest BCUT2D eigenvalue weighted by Gasteiger charge is 2.55. The third-order valence-corrected chi connectivity index (χ3v) is 7.30. The van der Waals surface area contributed by atoms with Crippen molar-refractivity contribution in [1.82, 2.24) is 14.6 Å².